The van der Waals surface area contributed by atoms with Crippen LogP contribution in [0.25, 0.3) is 0 Å². The molecule has 4 heteroatoms. The summed E-state index contributed by atoms with van der Waals surface area (Å²) in [4.78, 5) is 14.8. The molecule has 0 radical (unpaired) electrons. The number of Topliss-reactive ketones (excluding diaryl/α,β-unsaturated/α-hetero) is 1. The van der Waals surface area contributed by atoms with Crippen molar-refractivity contribution in [2.75, 3.05) is 13.7 Å². The zero-order valence-electron chi connectivity index (χ0n) is 13.0. The highest BCUT2D eigenvalue weighted by molar-refractivity contribution is 7.12. The van der Waals surface area contributed by atoms with Crippen LogP contribution in [0.5, 0.6) is 5.75 Å². The van der Waals surface area contributed by atoms with Gasteiger partial charge < -0.3 is 4.74 Å². The van der Waals surface area contributed by atoms with Gasteiger partial charge in [0.15, 0.2) is 5.78 Å². The average Bonchev–Trinajstić information content (AvgIpc) is 3.17. The predicted octanol–water partition coefficient (Wildman–Crippen LogP) is 4.30. The van der Waals surface area contributed by atoms with Crippen LogP contribution in [0, 0.1) is 0 Å². The molecule has 116 valence electrons. The maximum Gasteiger partial charge on any atom is 0.169 e. The summed E-state index contributed by atoms with van der Waals surface area (Å²) < 4.78 is 5.52. The van der Waals surface area contributed by atoms with E-state index in [0.717, 1.165) is 30.1 Å². The monoisotopic (exact) mass is 315 g/mol. The van der Waals surface area contributed by atoms with Gasteiger partial charge in [-0.05, 0) is 49.4 Å². The van der Waals surface area contributed by atoms with Crippen molar-refractivity contribution in [2.24, 2.45) is 0 Å². The predicted molar refractivity (Wildman–Crippen MR) is 89.7 cm³/mol. The molecule has 22 heavy (non-hydrogen) atoms. The number of thiophene rings is 1. The number of methoxy groups -OCH3 is 1. The number of carbonyl (C=O) groups excluding carboxylic acids is 1. The van der Waals surface area contributed by atoms with Crippen LogP contribution in [0.4, 0.5) is 0 Å². The minimum atomic E-state index is 0.152. The van der Waals surface area contributed by atoms with Crippen LogP contribution < -0.4 is 4.74 Å². The third kappa shape index (κ3) is 3.08. The molecule has 0 bridgehead atoms. The van der Waals surface area contributed by atoms with Gasteiger partial charge in [-0.25, -0.2) is 0 Å². The average molecular weight is 315 g/mol. The Morgan fingerprint density at radius 1 is 1.41 bits per heavy atom. The molecule has 1 fully saturated rings. The molecule has 1 aliphatic rings. The van der Waals surface area contributed by atoms with Gasteiger partial charge in [0.05, 0.1) is 12.0 Å². The second-order valence-corrected chi connectivity index (χ2v) is 6.66. The van der Waals surface area contributed by atoms with Crippen molar-refractivity contribution < 1.29 is 9.53 Å². The zero-order valence-corrected chi connectivity index (χ0v) is 13.9. The fourth-order valence-electron chi connectivity index (χ4n) is 3.19. The Labute approximate surface area is 135 Å². The lowest BCUT2D eigenvalue weighted by molar-refractivity contribution is 0.102. The molecule has 0 saturated carbocycles. The molecule has 1 saturated heterocycles. The number of rotatable bonds is 5. The summed E-state index contributed by atoms with van der Waals surface area (Å²) in [6.07, 6.45) is 2.36. The van der Waals surface area contributed by atoms with E-state index in [2.05, 4.69) is 22.4 Å². The van der Waals surface area contributed by atoms with Crippen LogP contribution in [0.3, 0.4) is 0 Å². The van der Waals surface area contributed by atoms with Crippen LogP contribution in [-0.2, 0) is 6.54 Å². The maximum atomic E-state index is 11.4. The van der Waals surface area contributed by atoms with Gasteiger partial charge in [0.1, 0.15) is 5.75 Å². The van der Waals surface area contributed by atoms with Crippen LogP contribution >= 0.6 is 11.3 Å². The first-order chi connectivity index (χ1) is 10.7. The van der Waals surface area contributed by atoms with E-state index in [-0.39, 0.29) is 5.78 Å². The summed E-state index contributed by atoms with van der Waals surface area (Å²) >= 11 is 1.54. The first-order valence-electron chi connectivity index (χ1n) is 7.64. The Bertz CT molecular complexity index is 665. The molecule has 0 unspecified atom stereocenters. The maximum absolute atomic E-state index is 11.4. The minimum absolute atomic E-state index is 0.152. The second kappa shape index (κ2) is 6.63. The van der Waals surface area contributed by atoms with E-state index < -0.39 is 0 Å². The van der Waals surface area contributed by atoms with Gasteiger partial charge in [0.25, 0.3) is 0 Å². The topological polar surface area (TPSA) is 29.5 Å². The Morgan fingerprint density at radius 3 is 2.95 bits per heavy atom. The lowest BCUT2D eigenvalue weighted by Gasteiger charge is -2.25. The van der Waals surface area contributed by atoms with Crippen LogP contribution in [0.15, 0.2) is 35.7 Å². The SMILES string of the molecule is COc1ccccc1[C@@H]1CCCN1Cc1csc(C(C)=O)c1. The molecule has 0 aliphatic carbocycles. The smallest absolute Gasteiger partial charge is 0.169 e. The zero-order chi connectivity index (χ0) is 15.5. The van der Waals surface area contributed by atoms with Gasteiger partial charge >= 0.3 is 0 Å². The number of hydrogen-bond donors (Lipinski definition) is 0. The quantitative estimate of drug-likeness (QED) is 0.771. The third-order valence-electron chi connectivity index (χ3n) is 4.25. The van der Waals surface area contributed by atoms with E-state index in [4.69, 9.17) is 4.74 Å². The summed E-state index contributed by atoms with van der Waals surface area (Å²) in [7, 11) is 1.73. The first-order valence-corrected chi connectivity index (χ1v) is 8.52. The molecule has 1 aromatic heterocycles. The Balaban J connectivity index is 1.79. The molecule has 1 aliphatic heterocycles. The number of nitrogens with zero attached hydrogens (tertiary/aromatic N) is 1. The highest BCUT2D eigenvalue weighted by Gasteiger charge is 2.28. The summed E-state index contributed by atoms with van der Waals surface area (Å²) in [5.41, 5.74) is 2.50. The van der Waals surface area contributed by atoms with E-state index in [0.29, 0.717) is 6.04 Å². The standard InChI is InChI=1S/C18H21NO2S/c1-13(20)18-10-14(12-22-18)11-19-9-5-7-16(19)15-6-3-4-8-17(15)21-2/h3-4,6,8,10,12,16H,5,7,9,11H2,1-2H3/t16-/m0/s1. The molecule has 1 atom stereocenters. The molecular weight excluding hydrogens is 294 g/mol. The first kappa shape index (κ1) is 15.3. The van der Waals surface area contributed by atoms with E-state index in [9.17, 15) is 4.79 Å². The number of ketones is 1. The fraction of sp³-hybridized carbons (Fsp3) is 0.389. The highest BCUT2D eigenvalue weighted by Crippen LogP contribution is 2.37. The molecule has 0 spiro atoms. The Hall–Kier alpha value is -1.65. The van der Waals surface area contributed by atoms with E-state index >= 15 is 0 Å². The molecular formula is C18H21NO2S. The fourth-order valence-corrected chi connectivity index (χ4v) is 3.99. The van der Waals surface area contributed by atoms with Crippen LogP contribution in [0.2, 0.25) is 0 Å². The summed E-state index contributed by atoms with van der Waals surface area (Å²) in [6, 6.07) is 10.7. The number of ether oxygens (including phenoxy) is 1. The van der Waals surface area contributed by atoms with Crippen LogP contribution in [0.1, 0.15) is 46.6 Å². The molecule has 1 aromatic carbocycles. The van der Waals surface area contributed by atoms with Crippen molar-refractivity contribution in [3.8, 4) is 5.75 Å². The summed E-state index contributed by atoms with van der Waals surface area (Å²) in [6.45, 7) is 3.61. The van der Waals surface area contributed by atoms with Crippen molar-refractivity contribution in [3.63, 3.8) is 0 Å². The molecule has 3 nitrogen and oxygen atoms in total. The van der Waals surface area contributed by atoms with Crippen molar-refractivity contribution in [2.45, 2.75) is 32.4 Å². The number of carbonyl (C=O) groups is 1. The molecule has 3 rings (SSSR count). The number of para-hydroxylation sites is 1. The summed E-state index contributed by atoms with van der Waals surface area (Å²) in [5, 5.41) is 2.11. The van der Waals surface area contributed by atoms with Gasteiger partial charge in [0.2, 0.25) is 0 Å². The van der Waals surface area contributed by atoms with Gasteiger partial charge in [-0.3, -0.25) is 9.69 Å². The minimum Gasteiger partial charge on any atom is -0.496 e. The molecule has 2 aromatic rings. The summed E-state index contributed by atoms with van der Waals surface area (Å²) in [5.74, 6) is 1.12. The molecule has 2 heterocycles. The number of hydrogen-bond acceptors (Lipinski definition) is 4. The van der Waals surface area contributed by atoms with E-state index in [1.165, 1.54) is 17.5 Å². The van der Waals surface area contributed by atoms with Crippen LogP contribution in [-0.4, -0.2) is 24.3 Å². The van der Waals surface area contributed by atoms with Crippen molar-refractivity contribution >= 4 is 17.1 Å². The largest absolute Gasteiger partial charge is 0.496 e. The van der Waals surface area contributed by atoms with Crippen molar-refractivity contribution in [1.29, 1.82) is 0 Å². The molecule has 0 amide bonds. The lowest BCUT2D eigenvalue weighted by Crippen LogP contribution is -2.22. The van der Waals surface area contributed by atoms with Gasteiger partial charge in [-0.2, -0.15) is 0 Å². The molecule has 0 N–H and O–H groups in total. The Morgan fingerprint density at radius 2 is 2.23 bits per heavy atom. The Kier molecular flexibility index (Phi) is 4.60. The highest BCUT2D eigenvalue weighted by atomic mass is 32.1. The van der Waals surface area contributed by atoms with Gasteiger partial charge in [-0.1, -0.05) is 18.2 Å². The van der Waals surface area contributed by atoms with E-state index in [1.54, 1.807) is 25.4 Å². The number of benzene rings is 1. The van der Waals surface area contributed by atoms with Crippen molar-refractivity contribution in [1.82, 2.24) is 4.90 Å². The third-order valence-corrected chi connectivity index (χ3v) is 5.33. The van der Waals surface area contributed by atoms with Gasteiger partial charge in [-0.15, -0.1) is 11.3 Å². The number of likely N-dealkylation sites (tertiary alicyclic amines) is 1. The van der Waals surface area contributed by atoms with Crippen molar-refractivity contribution in [3.05, 3.63) is 51.7 Å². The van der Waals surface area contributed by atoms with E-state index in [1.807, 2.05) is 18.2 Å². The second-order valence-electron chi connectivity index (χ2n) is 5.75. The lowest BCUT2D eigenvalue weighted by atomic mass is 10.0. The van der Waals surface area contributed by atoms with Gasteiger partial charge in [0, 0.05) is 18.2 Å². The normalized spacial score (nSPS) is 18.5.